The molecule has 2 aromatic carbocycles. The van der Waals surface area contributed by atoms with Gasteiger partial charge >= 0.3 is 6.03 Å². The van der Waals surface area contributed by atoms with Gasteiger partial charge in [0.2, 0.25) is 0 Å². The fourth-order valence-corrected chi connectivity index (χ4v) is 10.2. The Balaban J connectivity index is 0.000000157. The Hall–Kier alpha value is -6.21. The third-order valence-electron chi connectivity index (χ3n) is 12.5. The van der Waals surface area contributed by atoms with Gasteiger partial charge in [-0.3, -0.25) is 19.3 Å². The number of amides is 2. The van der Waals surface area contributed by atoms with Gasteiger partial charge in [0.05, 0.1) is 43.5 Å². The number of nitrogens with zero attached hydrogens (tertiary/aromatic N) is 6. The Bertz CT molecular complexity index is 3080. The molecule has 2 saturated heterocycles. The van der Waals surface area contributed by atoms with E-state index in [9.17, 15) is 30.4 Å². The third kappa shape index (κ3) is 9.33. The van der Waals surface area contributed by atoms with E-state index < -0.39 is 37.3 Å². The highest BCUT2D eigenvalue weighted by atomic mass is 32.2. The molecular weight excluding hydrogens is 927 g/mol. The lowest BCUT2D eigenvalue weighted by molar-refractivity contribution is -0.206. The summed E-state index contributed by atoms with van der Waals surface area (Å²) in [4.78, 5) is 21.0. The Morgan fingerprint density at radius 1 is 0.721 bits per heavy atom. The first-order chi connectivity index (χ1) is 32.4. The molecule has 4 aliphatic rings. The number of urea groups is 1. The molecule has 0 radical (unpaired) electrons. The highest BCUT2D eigenvalue weighted by Crippen LogP contribution is 2.40. The summed E-state index contributed by atoms with van der Waals surface area (Å²) in [6.07, 6.45) is 11.1. The minimum Gasteiger partial charge on any atom is -0.398 e. The van der Waals surface area contributed by atoms with Crippen LogP contribution in [0.2, 0.25) is 0 Å². The number of ether oxygens (including phenoxy) is 4. The van der Waals surface area contributed by atoms with Crippen LogP contribution in [0.3, 0.4) is 0 Å². The number of hydrogen-bond donors (Lipinski definition) is 4. The van der Waals surface area contributed by atoms with Crippen molar-refractivity contribution in [3.63, 3.8) is 0 Å². The van der Waals surface area contributed by atoms with Gasteiger partial charge in [0.25, 0.3) is 20.0 Å². The quantitative estimate of drug-likeness (QED) is 0.139. The Morgan fingerprint density at radius 2 is 1.19 bits per heavy atom. The second-order valence-corrected chi connectivity index (χ2v) is 19.8. The van der Waals surface area contributed by atoms with E-state index in [0.717, 1.165) is 47.9 Å². The number of primary sulfonamides is 1. The van der Waals surface area contributed by atoms with Gasteiger partial charge in [-0.15, -0.1) is 0 Å². The average molecular weight is 977 g/mol. The molecule has 0 bridgehead atoms. The van der Waals surface area contributed by atoms with Gasteiger partial charge in [-0.2, -0.15) is 18.6 Å². The van der Waals surface area contributed by atoms with Crippen molar-refractivity contribution in [2.75, 3.05) is 51.7 Å². The number of methoxy groups -OCH3 is 2. The van der Waals surface area contributed by atoms with Crippen LogP contribution in [-0.2, 0) is 90.0 Å². The molecule has 6 heterocycles. The van der Waals surface area contributed by atoms with Crippen molar-refractivity contribution < 1.29 is 49.4 Å². The van der Waals surface area contributed by atoms with Gasteiger partial charge < -0.3 is 30.0 Å². The van der Waals surface area contributed by atoms with E-state index in [1.807, 2.05) is 16.9 Å². The number of carbonyl (C=O) groups is 1. The predicted octanol–water partition coefficient (Wildman–Crippen LogP) is 4.39. The maximum absolute atomic E-state index is 14.8. The van der Waals surface area contributed by atoms with Crippen LogP contribution < -0.4 is 20.9 Å². The number of rotatable bonds is 10. The molecule has 6 aromatic rings. The van der Waals surface area contributed by atoms with E-state index in [0.29, 0.717) is 71.1 Å². The zero-order chi connectivity index (χ0) is 48.6. The molecule has 0 unspecified atom stereocenters. The number of nitrogens with two attached hydrogens (primary N) is 2. The lowest BCUT2D eigenvalue weighted by Gasteiger charge is -2.39. The van der Waals surface area contributed by atoms with Crippen LogP contribution >= 0.6 is 0 Å². The summed E-state index contributed by atoms with van der Waals surface area (Å²) in [5.74, 6) is -0.492. The molecule has 0 atom stereocenters. The summed E-state index contributed by atoms with van der Waals surface area (Å²) in [7, 11) is -1.80. The molecule has 68 heavy (non-hydrogen) atoms. The molecule has 360 valence electrons. The third-order valence-corrected chi connectivity index (χ3v) is 14.5. The fraction of sp³-hybridized carbons (Fsp3) is 0.356. The van der Waals surface area contributed by atoms with E-state index in [1.165, 1.54) is 40.7 Å². The summed E-state index contributed by atoms with van der Waals surface area (Å²) >= 11 is 0. The Kier molecular flexibility index (Phi) is 13.5. The number of pyridine rings is 2. The van der Waals surface area contributed by atoms with Crippen LogP contribution in [0, 0.1) is 11.6 Å². The largest absolute Gasteiger partial charge is 0.398 e. The van der Waals surface area contributed by atoms with Crippen molar-refractivity contribution in [2.45, 2.75) is 59.8 Å². The molecule has 23 heteroatoms. The molecule has 2 amide bonds. The number of anilines is 2. The molecule has 4 aromatic heterocycles. The van der Waals surface area contributed by atoms with Crippen molar-refractivity contribution in [2.24, 2.45) is 19.2 Å². The van der Waals surface area contributed by atoms with E-state index >= 15 is 0 Å². The monoisotopic (exact) mass is 976 g/mol. The number of nitrogens with one attached hydrogen (secondary N) is 2. The van der Waals surface area contributed by atoms with Crippen LogP contribution in [0.25, 0.3) is 22.3 Å². The predicted molar refractivity (Wildman–Crippen MR) is 244 cm³/mol. The smallest absolute Gasteiger partial charge is 0.333 e. The number of benzene rings is 2. The molecule has 2 aliphatic heterocycles. The number of carbonyl (C=O) groups excluding carboxylic acids is 1. The molecule has 0 spiro atoms. The zero-order valence-corrected chi connectivity index (χ0v) is 39.2. The maximum atomic E-state index is 14.8. The fourth-order valence-electron chi connectivity index (χ4n) is 8.78. The normalized spacial score (nSPS) is 16.5. The van der Waals surface area contributed by atoms with Crippen molar-refractivity contribution in [1.82, 2.24) is 34.3 Å². The number of hydrogen-bond acceptors (Lipinski definition) is 14. The highest BCUT2D eigenvalue weighted by molar-refractivity contribution is 7.90. The molecule has 0 saturated carbocycles. The van der Waals surface area contributed by atoms with E-state index in [4.69, 9.17) is 29.8 Å². The van der Waals surface area contributed by atoms with Gasteiger partial charge in [0.1, 0.15) is 11.6 Å². The van der Waals surface area contributed by atoms with Crippen molar-refractivity contribution in [3.8, 4) is 22.3 Å². The number of halogens is 2. The first kappa shape index (κ1) is 48.3. The summed E-state index contributed by atoms with van der Waals surface area (Å²) in [6.45, 7) is 1.30. The van der Waals surface area contributed by atoms with E-state index in [2.05, 4.69) is 25.5 Å². The van der Waals surface area contributed by atoms with Gasteiger partial charge in [0, 0.05) is 93.2 Å². The second-order valence-electron chi connectivity index (χ2n) is 16.7. The number of aromatic nitrogens is 6. The van der Waals surface area contributed by atoms with Crippen LogP contribution in [0.4, 0.5) is 25.0 Å². The van der Waals surface area contributed by atoms with Crippen LogP contribution in [0.15, 0.2) is 83.4 Å². The van der Waals surface area contributed by atoms with Gasteiger partial charge in [0.15, 0.2) is 21.3 Å². The Morgan fingerprint density at radius 3 is 1.66 bits per heavy atom. The number of sulfonamides is 2. The molecule has 2 aliphatic carbocycles. The minimum atomic E-state index is -4.31. The molecule has 6 N–H and O–H groups in total. The van der Waals surface area contributed by atoms with Gasteiger partial charge in [-0.25, -0.2) is 31.9 Å². The number of fused-ring (bicyclic) bond motifs is 2. The highest BCUT2D eigenvalue weighted by Gasteiger charge is 2.45. The van der Waals surface area contributed by atoms with Crippen molar-refractivity contribution >= 4 is 37.5 Å². The van der Waals surface area contributed by atoms with E-state index in [-0.39, 0.29) is 34.9 Å². The zero-order valence-electron chi connectivity index (χ0n) is 37.6. The summed E-state index contributed by atoms with van der Waals surface area (Å²) in [5.41, 5.74) is 12.6. The summed E-state index contributed by atoms with van der Waals surface area (Å²) < 4.78 is 103. The first-order valence-corrected chi connectivity index (χ1v) is 24.4. The lowest BCUT2D eigenvalue weighted by Crippen LogP contribution is -2.49. The summed E-state index contributed by atoms with van der Waals surface area (Å²) in [5, 5.41) is 15.1. The molecular formula is C45H50F2N10O9S2. The average Bonchev–Trinajstić information content (AvgIpc) is 4.12. The van der Waals surface area contributed by atoms with Crippen molar-refractivity contribution in [1.29, 1.82) is 0 Å². The van der Waals surface area contributed by atoms with Gasteiger partial charge in [-0.05, 0) is 85.0 Å². The maximum Gasteiger partial charge on any atom is 0.333 e. The first-order valence-electron chi connectivity index (χ1n) is 21.4. The molecule has 10 rings (SSSR count). The lowest BCUT2D eigenvalue weighted by atomic mass is 9.97. The van der Waals surface area contributed by atoms with Crippen LogP contribution in [0.1, 0.15) is 46.5 Å². The number of nitrogen functional groups attached to an aromatic ring is 1. The van der Waals surface area contributed by atoms with E-state index in [1.54, 1.807) is 58.1 Å². The molecule has 19 nitrogen and oxygen atoms in total. The summed E-state index contributed by atoms with van der Waals surface area (Å²) in [6, 6.07) is 11.9. The molecule has 2 fully saturated rings. The standard InChI is InChI=1S/C23H24FN5O5S.C14H13FN2.C8H13N3O4S/c1-29-19(23(33-2)12-34-13-23)10-20(27-29)35(31,32)28-22(30)26-21-16-7-3-6-15(16)18(24)9-17(21)14-5-4-8-25-11-14;15-13-7-12(9-3-2-6-17-8-9)14(16)11-5-1-4-10(11)13;1-11-6(8(14-2)4-15-5-8)3-7(10-11)16(9,12)13/h4-5,8-11H,3,6-7,12-13H2,1-2H3,(H2,26,28,30);2-3,6-8H,1,4-5,16H2;3H,4-5H2,1-2H3,(H2,9,12,13). The van der Waals surface area contributed by atoms with Crippen molar-refractivity contribution in [3.05, 3.63) is 119 Å². The second kappa shape index (κ2) is 19.1. The topological polar surface area (TPSA) is 260 Å². The van der Waals surface area contributed by atoms with Crippen LogP contribution in [-0.4, -0.2) is 93.0 Å². The Labute approximate surface area is 391 Å². The van der Waals surface area contributed by atoms with Gasteiger partial charge in [-0.1, -0.05) is 12.1 Å². The van der Waals surface area contributed by atoms with Crippen LogP contribution in [0.5, 0.6) is 0 Å². The minimum absolute atomic E-state index is 0.134. The SMILES string of the molecule is COC1(c2cc(S(=O)(=O)NC(=O)Nc3c(-c4cccnc4)cc(F)c4c3CCC4)nn2C)COC1.COC1(c2cc(S(N)(=O)=O)nn2C)COC1.Nc1c(-c2cccnc2)cc(F)c2c1CCC2. The number of aryl methyl sites for hydroxylation is 2.